The van der Waals surface area contributed by atoms with Gasteiger partial charge < -0.3 is 5.32 Å². The van der Waals surface area contributed by atoms with Crippen LogP contribution < -0.4 is 5.32 Å². The van der Waals surface area contributed by atoms with E-state index in [-0.39, 0.29) is 11.7 Å². The van der Waals surface area contributed by atoms with Gasteiger partial charge in [0.05, 0.1) is 5.92 Å². The van der Waals surface area contributed by atoms with Crippen molar-refractivity contribution in [3.05, 3.63) is 114 Å². The molecule has 0 aliphatic rings. The second kappa shape index (κ2) is 8.11. The molecule has 0 aliphatic carbocycles. The maximum Gasteiger partial charge on any atom is 0.231 e. The fourth-order valence-electron chi connectivity index (χ4n) is 3.43. The van der Waals surface area contributed by atoms with E-state index in [2.05, 4.69) is 5.32 Å². The van der Waals surface area contributed by atoms with Gasteiger partial charge in [-0.2, -0.15) is 0 Å². The molecule has 0 radical (unpaired) electrons. The third kappa shape index (κ3) is 3.94. The second-order valence-electron chi connectivity index (χ2n) is 7.06. The molecule has 0 fully saturated rings. The third-order valence-corrected chi connectivity index (χ3v) is 5.13. The highest BCUT2D eigenvalue weighted by Crippen LogP contribution is 2.25. The van der Waals surface area contributed by atoms with E-state index >= 15 is 0 Å². The Bertz CT molecular complexity index is 1180. The lowest BCUT2D eigenvalue weighted by molar-refractivity contribution is -0.117. The van der Waals surface area contributed by atoms with E-state index in [1.165, 1.54) is 0 Å². The van der Waals surface area contributed by atoms with Crippen LogP contribution in [0.4, 0.5) is 5.69 Å². The average molecular weight is 379 g/mol. The first-order valence-electron chi connectivity index (χ1n) is 9.62. The van der Waals surface area contributed by atoms with Gasteiger partial charge in [-0.25, -0.2) is 0 Å². The van der Waals surface area contributed by atoms with Crippen LogP contribution in [0.15, 0.2) is 97.1 Å². The quantitative estimate of drug-likeness (QED) is 0.445. The summed E-state index contributed by atoms with van der Waals surface area (Å²) in [5, 5.41) is 5.12. The van der Waals surface area contributed by atoms with Crippen LogP contribution in [-0.4, -0.2) is 11.7 Å². The van der Waals surface area contributed by atoms with Crippen LogP contribution >= 0.6 is 0 Å². The third-order valence-electron chi connectivity index (χ3n) is 5.13. The lowest BCUT2D eigenvalue weighted by Crippen LogP contribution is -2.19. The highest BCUT2D eigenvalue weighted by molar-refractivity contribution is 6.09. The number of ketones is 1. The van der Waals surface area contributed by atoms with Gasteiger partial charge in [0.1, 0.15) is 0 Å². The molecule has 1 atom stereocenters. The van der Waals surface area contributed by atoms with Crippen molar-refractivity contribution in [1.82, 2.24) is 0 Å². The standard InChI is InChI=1S/C26H21NO2/c1-18(26(29)27-24-16-8-12-19-9-5-6-15-23(19)24)21-13-7-14-22(17-21)25(28)20-10-3-2-4-11-20/h2-18H,1H3,(H,27,29). The van der Waals surface area contributed by atoms with E-state index in [1.807, 2.05) is 85.8 Å². The predicted molar refractivity (Wildman–Crippen MR) is 117 cm³/mol. The first kappa shape index (κ1) is 18.6. The topological polar surface area (TPSA) is 46.2 Å². The summed E-state index contributed by atoms with van der Waals surface area (Å²) in [4.78, 5) is 25.6. The molecule has 142 valence electrons. The molecule has 1 amide bonds. The monoisotopic (exact) mass is 379 g/mol. The average Bonchev–Trinajstić information content (AvgIpc) is 2.79. The number of rotatable bonds is 5. The minimum absolute atomic E-state index is 0.0471. The van der Waals surface area contributed by atoms with Crippen LogP contribution in [-0.2, 0) is 4.79 Å². The van der Waals surface area contributed by atoms with Gasteiger partial charge in [0.2, 0.25) is 5.91 Å². The van der Waals surface area contributed by atoms with Crippen molar-refractivity contribution >= 4 is 28.2 Å². The number of fused-ring (bicyclic) bond motifs is 1. The lowest BCUT2D eigenvalue weighted by atomic mass is 9.95. The SMILES string of the molecule is CC(C(=O)Nc1cccc2ccccc12)c1cccc(C(=O)c2ccccc2)c1. The molecule has 0 aromatic heterocycles. The fourth-order valence-corrected chi connectivity index (χ4v) is 3.43. The van der Waals surface area contributed by atoms with E-state index in [0.29, 0.717) is 11.1 Å². The number of carbonyl (C=O) groups is 2. The molecular formula is C26H21NO2. The van der Waals surface area contributed by atoms with Crippen LogP contribution in [0.5, 0.6) is 0 Å². The molecule has 1 unspecified atom stereocenters. The summed E-state index contributed by atoms with van der Waals surface area (Å²) in [5.41, 5.74) is 2.82. The number of nitrogens with one attached hydrogen (secondary N) is 1. The molecule has 0 bridgehead atoms. The van der Waals surface area contributed by atoms with Crippen LogP contribution in [0.2, 0.25) is 0 Å². The van der Waals surface area contributed by atoms with Crippen molar-refractivity contribution < 1.29 is 9.59 Å². The van der Waals surface area contributed by atoms with Crippen molar-refractivity contribution in [1.29, 1.82) is 0 Å². The molecule has 4 rings (SSSR count). The number of carbonyl (C=O) groups excluding carboxylic acids is 2. The maximum absolute atomic E-state index is 12.9. The van der Waals surface area contributed by atoms with Gasteiger partial charge in [0, 0.05) is 22.2 Å². The Morgan fingerprint density at radius 2 is 1.38 bits per heavy atom. The molecule has 3 nitrogen and oxygen atoms in total. The minimum atomic E-state index is -0.391. The zero-order valence-corrected chi connectivity index (χ0v) is 16.1. The smallest absolute Gasteiger partial charge is 0.231 e. The largest absolute Gasteiger partial charge is 0.325 e. The number of hydrogen-bond donors (Lipinski definition) is 1. The molecule has 3 heteroatoms. The Balaban J connectivity index is 1.57. The van der Waals surface area contributed by atoms with E-state index in [1.54, 1.807) is 18.2 Å². The molecule has 1 N–H and O–H groups in total. The molecule has 0 saturated heterocycles. The first-order chi connectivity index (χ1) is 14.1. The molecule has 4 aromatic carbocycles. The molecule has 29 heavy (non-hydrogen) atoms. The van der Waals surface area contributed by atoms with E-state index in [0.717, 1.165) is 22.0 Å². The van der Waals surface area contributed by atoms with Gasteiger partial charge in [0.15, 0.2) is 5.78 Å². The Hall–Kier alpha value is -3.72. The Morgan fingerprint density at radius 1 is 0.724 bits per heavy atom. The highest BCUT2D eigenvalue weighted by Gasteiger charge is 2.18. The van der Waals surface area contributed by atoms with Crippen LogP contribution in [0.3, 0.4) is 0 Å². The molecule has 0 saturated carbocycles. The van der Waals surface area contributed by atoms with E-state index in [4.69, 9.17) is 0 Å². The van der Waals surface area contributed by atoms with Gasteiger partial charge in [-0.3, -0.25) is 9.59 Å². The van der Waals surface area contributed by atoms with Crippen molar-refractivity contribution in [3.8, 4) is 0 Å². The number of benzene rings is 4. The van der Waals surface area contributed by atoms with Crippen LogP contribution in [0.25, 0.3) is 10.8 Å². The fraction of sp³-hybridized carbons (Fsp3) is 0.0769. The predicted octanol–water partition coefficient (Wildman–Crippen LogP) is 5.81. The Morgan fingerprint density at radius 3 is 2.21 bits per heavy atom. The number of hydrogen-bond acceptors (Lipinski definition) is 2. The van der Waals surface area contributed by atoms with Crippen molar-refractivity contribution in [2.45, 2.75) is 12.8 Å². The molecule has 4 aromatic rings. The molecular weight excluding hydrogens is 358 g/mol. The summed E-state index contributed by atoms with van der Waals surface area (Å²) < 4.78 is 0. The first-order valence-corrected chi connectivity index (χ1v) is 9.62. The number of amides is 1. The Kier molecular flexibility index (Phi) is 5.21. The summed E-state index contributed by atoms with van der Waals surface area (Å²) in [6, 6.07) is 30.3. The highest BCUT2D eigenvalue weighted by atomic mass is 16.2. The summed E-state index contributed by atoms with van der Waals surface area (Å²) >= 11 is 0. The Labute approximate surface area is 170 Å². The van der Waals surface area contributed by atoms with Crippen LogP contribution in [0, 0.1) is 0 Å². The molecule has 0 spiro atoms. The zero-order valence-electron chi connectivity index (χ0n) is 16.1. The van der Waals surface area contributed by atoms with Crippen molar-refractivity contribution in [3.63, 3.8) is 0 Å². The van der Waals surface area contributed by atoms with Crippen molar-refractivity contribution in [2.75, 3.05) is 5.32 Å². The second-order valence-corrected chi connectivity index (χ2v) is 7.06. The van der Waals surface area contributed by atoms with Gasteiger partial charge >= 0.3 is 0 Å². The van der Waals surface area contributed by atoms with Gasteiger partial charge in [-0.15, -0.1) is 0 Å². The summed E-state index contributed by atoms with van der Waals surface area (Å²) in [5.74, 6) is -0.544. The lowest BCUT2D eigenvalue weighted by Gasteiger charge is -2.15. The van der Waals surface area contributed by atoms with Crippen LogP contribution in [0.1, 0.15) is 34.3 Å². The normalized spacial score (nSPS) is 11.8. The van der Waals surface area contributed by atoms with Gasteiger partial charge in [0.25, 0.3) is 0 Å². The summed E-state index contributed by atoms with van der Waals surface area (Å²) in [6.45, 7) is 1.85. The maximum atomic E-state index is 12.9. The van der Waals surface area contributed by atoms with Gasteiger partial charge in [-0.1, -0.05) is 84.9 Å². The zero-order chi connectivity index (χ0) is 20.2. The summed E-state index contributed by atoms with van der Waals surface area (Å²) in [6.07, 6.45) is 0. The van der Waals surface area contributed by atoms with Gasteiger partial charge in [-0.05, 0) is 30.0 Å². The number of anilines is 1. The molecule has 0 heterocycles. The minimum Gasteiger partial charge on any atom is -0.325 e. The van der Waals surface area contributed by atoms with E-state index in [9.17, 15) is 9.59 Å². The summed E-state index contributed by atoms with van der Waals surface area (Å²) in [7, 11) is 0. The van der Waals surface area contributed by atoms with Crippen molar-refractivity contribution in [2.24, 2.45) is 0 Å². The molecule has 0 aliphatic heterocycles. The van der Waals surface area contributed by atoms with E-state index < -0.39 is 5.92 Å².